The number of carboxylic acid groups (broad SMARTS) is 3. The van der Waals surface area contributed by atoms with Gasteiger partial charge in [-0.05, 0) is 0 Å². The average Bonchev–Trinajstić information content (AvgIpc) is 2.39. The maximum atomic E-state index is 10.4. The van der Waals surface area contributed by atoms with Gasteiger partial charge in [0, 0.05) is 0 Å². The van der Waals surface area contributed by atoms with Gasteiger partial charge in [-0.25, -0.2) is 0 Å². The van der Waals surface area contributed by atoms with Crippen LogP contribution in [-0.4, -0.2) is 72.0 Å². The Kier molecular flexibility index (Phi) is 10.0. The molecule has 0 heterocycles. The average molecular weight is 323 g/mol. The summed E-state index contributed by atoms with van der Waals surface area (Å²) in [7, 11) is 0. The summed E-state index contributed by atoms with van der Waals surface area (Å²) < 4.78 is 15.3. The molecule has 0 aromatic rings. The number of ether oxygens (including phenoxy) is 3. The Morgan fingerprint density at radius 1 is 0.773 bits per heavy atom. The van der Waals surface area contributed by atoms with E-state index in [4.69, 9.17) is 35.3 Å². The predicted molar refractivity (Wildman–Crippen MR) is 71.3 cm³/mol. The van der Waals surface area contributed by atoms with E-state index >= 15 is 0 Å². The highest BCUT2D eigenvalue weighted by Crippen LogP contribution is 2.07. The number of rotatable bonds is 14. The molecule has 0 rings (SSSR count). The second-order valence-electron chi connectivity index (χ2n) is 4.45. The van der Waals surface area contributed by atoms with Gasteiger partial charge in [0.15, 0.2) is 5.72 Å². The van der Waals surface area contributed by atoms with Gasteiger partial charge in [-0.15, -0.1) is 0 Å². The van der Waals surface area contributed by atoms with Gasteiger partial charge in [-0.3, -0.25) is 20.1 Å². The van der Waals surface area contributed by atoms with E-state index in [0.717, 1.165) is 0 Å². The van der Waals surface area contributed by atoms with Crippen LogP contribution in [0.2, 0.25) is 0 Å². The van der Waals surface area contributed by atoms with Crippen molar-refractivity contribution in [3.05, 3.63) is 0 Å². The molecule has 0 bridgehead atoms. The number of aliphatic carboxylic acids is 3. The van der Waals surface area contributed by atoms with E-state index in [-0.39, 0.29) is 52.3 Å². The standard InChI is InChI=1S/C12H21NO9/c13-12(22-6-3-11(18)19,7-20-4-1-9(14)15)8-21-5-2-10(16)17/h1-8,13H2,(H,14,15)(H,16,17)(H,18,19). The molecule has 0 aliphatic carbocycles. The number of hydrogen-bond donors (Lipinski definition) is 4. The molecule has 0 unspecified atom stereocenters. The summed E-state index contributed by atoms with van der Waals surface area (Å²) in [6, 6.07) is 0. The molecule has 5 N–H and O–H groups in total. The molecule has 0 aromatic heterocycles. The van der Waals surface area contributed by atoms with E-state index in [1.807, 2.05) is 0 Å². The van der Waals surface area contributed by atoms with Gasteiger partial charge in [0.25, 0.3) is 0 Å². The Balaban J connectivity index is 4.23. The second-order valence-corrected chi connectivity index (χ2v) is 4.45. The maximum absolute atomic E-state index is 10.4. The molecule has 0 spiro atoms. The first-order valence-electron chi connectivity index (χ1n) is 6.49. The van der Waals surface area contributed by atoms with Crippen LogP contribution in [-0.2, 0) is 28.6 Å². The van der Waals surface area contributed by atoms with Crippen LogP contribution in [0.5, 0.6) is 0 Å². The summed E-state index contributed by atoms with van der Waals surface area (Å²) in [5.41, 5.74) is 4.38. The largest absolute Gasteiger partial charge is 0.481 e. The predicted octanol–water partition coefficient (Wildman–Crippen LogP) is -0.885. The highest BCUT2D eigenvalue weighted by Gasteiger charge is 2.27. The highest BCUT2D eigenvalue weighted by atomic mass is 16.6. The third-order valence-corrected chi connectivity index (χ3v) is 2.32. The summed E-state index contributed by atoms with van der Waals surface area (Å²) in [5, 5.41) is 25.5. The lowest BCUT2D eigenvalue weighted by molar-refractivity contribution is -0.154. The van der Waals surface area contributed by atoms with Crippen molar-refractivity contribution in [2.75, 3.05) is 33.0 Å². The monoisotopic (exact) mass is 323 g/mol. The van der Waals surface area contributed by atoms with Gasteiger partial charge in [0.05, 0.1) is 52.3 Å². The van der Waals surface area contributed by atoms with Crippen molar-refractivity contribution in [1.82, 2.24) is 0 Å². The Bertz CT molecular complexity index is 350. The van der Waals surface area contributed by atoms with Crippen LogP contribution in [0.1, 0.15) is 19.3 Å². The number of carbonyl (C=O) groups is 3. The molecule has 0 aliphatic rings. The Morgan fingerprint density at radius 3 is 1.50 bits per heavy atom. The Labute approximate surface area is 126 Å². The minimum atomic E-state index is -1.48. The highest BCUT2D eigenvalue weighted by molar-refractivity contribution is 5.67. The molecular weight excluding hydrogens is 302 g/mol. The fourth-order valence-corrected chi connectivity index (χ4v) is 1.28. The molecule has 0 saturated carbocycles. The molecule has 22 heavy (non-hydrogen) atoms. The molecular formula is C12H21NO9. The lowest BCUT2D eigenvalue weighted by Gasteiger charge is -2.29. The SMILES string of the molecule is NC(COCCC(=O)O)(COCCC(=O)O)OCCC(=O)O. The van der Waals surface area contributed by atoms with Crippen molar-refractivity contribution in [2.45, 2.75) is 25.0 Å². The second kappa shape index (κ2) is 10.9. The normalized spacial score (nSPS) is 11.3. The van der Waals surface area contributed by atoms with Crippen molar-refractivity contribution < 1.29 is 43.9 Å². The minimum absolute atomic E-state index is 0.0916. The van der Waals surface area contributed by atoms with E-state index < -0.39 is 23.6 Å². The van der Waals surface area contributed by atoms with Gasteiger partial charge < -0.3 is 29.5 Å². The van der Waals surface area contributed by atoms with Crippen LogP contribution in [0.3, 0.4) is 0 Å². The minimum Gasteiger partial charge on any atom is -0.481 e. The summed E-state index contributed by atoms with van der Waals surface area (Å²) in [5.74, 6) is -3.14. The summed E-state index contributed by atoms with van der Waals surface area (Å²) in [6.07, 6.45) is -0.709. The van der Waals surface area contributed by atoms with Crippen molar-refractivity contribution in [2.24, 2.45) is 5.73 Å². The molecule has 0 atom stereocenters. The zero-order valence-corrected chi connectivity index (χ0v) is 12.0. The summed E-state index contributed by atoms with van der Waals surface area (Å²) in [4.78, 5) is 31.2. The van der Waals surface area contributed by atoms with Crippen LogP contribution < -0.4 is 5.73 Å². The van der Waals surface area contributed by atoms with Crippen molar-refractivity contribution in [1.29, 1.82) is 0 Å². The molecule has 0 amide bonds. The first kappa shape index (κ1) is 20.2. The Morgan fingerprint density at radius 2 is 1.14 bits per heavy atom. The third kappa shape index (κ3) is 12.0. The molecule has 128 valence electrons. The van der Waals surface area contributed by atoms with Crippen LogP contribution in [0.4, 0.5) is 0 Å². The van der Waals surface area contributed by atoms with Crippen molar-refractivity contribution in [3.8, 4) is 0 Å². The third-order valence-electron chi connectivity index (χ3n) is 2.32. The van der Waals surface area contributed by atoms with Gasteiger partial charge in [-0.2, -0.15) is 0 Å². The van der Waals surface area contributed by atoms with E-state index in [9.17, 15) is 14.4 Å². The lowest BCUT2D eigenvalue weighted by Crippen LogP contribution is -2.52. The molecule has 0 radical (unpaired) electrons. The van der Waals surface area contributed by atoms with Gasteiger partial charge in [0.1, 0.15) is 0 Å². The topological polar surface area (TPSA) is 166 Å². The van der Waals surface area contributed by atoms with Crippen LogP contribution >= 0.6 is 0 Å². The van der Waals surface area contributed by atoms with E-state index in [1.54, 1.807) is 0 Å². The van der Waals surface area contributed by atoms with Gasteiger partial charge >= 0.3 is 17.9 Å². The summed E-state index contributed by atoms with van der Waals surface area (Å²) >= 11 is 0. The van der Waals surface area contributed by atoms with Crippen molar-refractivity contribution in [3.63, 3.8) is 0 Å². The fraction of sp³-hybridized carbons (Fsp3) is 0.750. The van der Waals surface area contributed by atoms with Gasteiger partial charge in [0.2, 0.25) is 0 Å². The Hall–Kier alpha value is -1.75. The van der Waals surface area contributed by atoms with Crippen LogP contribution in [0, 0.1) is 0 Å². The van der Waals surface area contributed by atoms with E-state index in [0.29, 0.717) is 0 Å². The van der Waals surface area contributed by atoms with E-state index in [2.05, 4.69) is 0 Å². The van der Waals surface area contributed by atoms with Gasteiger partial charge in [-0.1, -0.05) is 0 Å². The lowest BCUT2D eigenvalue weighted by atomic mass is 10.2. The first-order chi connectivity index (χ1) is 10.2. The van der Waals surface area contributed by atoms with Crippen LogP contribution in [0.25, 0.3) is 0 Å². The quantitative estimate of drug-likeness (QED) is 0.233. The number of nitrogens with two attached hydrogens (primary N) is 1. The molecule has 0 aliphatic heterocycles. The molecule has 10 nitrogen and oxygen atoms in total. The molecule has 0 saturated heterocycles. The number of carboxylic acids is 3. The zero-order valence-electron chi connectivity index (χ0n) is 12.0. The first-order valence-corrected chi connectivity index (χ1v) is 6.49. The molecule has 0 fully saturated rings. The summed E-state index contributed by atoms with van der Waals surface area (Å²) in [6.45, 7) is -0.798. The van der Waals surface area contributed by atoms with Crippen LogP contribution in [0.15, 0.2) is 0 Å². The fourth-order valence-electron chi connectivity index (χ4n) is 1.28. The number of hydrogen-bond acceptors (Lipinski definition) is 7. The van der Waals surface area contributed by atoms with E-state index in [1.165, 1.54) is 0 Å². The van der Waals surface area contributed by atoms with Crippen molar-refractivity contribution >= 4 is 17.9 Å². The molecule has 10 heteroatoms. The maximum Gasteiger partial charge on any atom is 0.305 e. The smallest absolute Gasteiger partial charge is 0.305 e. The molecule has 0 aromatic carbocycles. The zero-order chi connectivity index (χ0) is 17.0.